The fourth-order valence-electron chi connectivity index (χ4n) is 4.62. The lowest BCUT2D eigenvalue weighted by Gasteiger charge is -2.31. The number of aryl methyl sites for hydroxylation is 2. The highest BCUT2D eigenvalue weighted by atomic mass is 16.5. The van der Waals surface area contributed by atoms with Crippen molar-refractivity contribution in [1.29, 1.82) is 0 Å². The van der Waals surface area contributed by atoms with Gasteiger partial charge in [-0.25, -0.2) is 4.79 Å². The maximum Gasteiger partial charge on any atom is 0.326 e. The Morgan fingerprint density at radius 1 is 1.03 bits per heavy atom. The van der Waals surface area contributed by atoms with Gasteiger partial charge in [0, 0.05) is 5.69 Å². The van der Waals surface area contributed by atoms with E-state index in [0.717, 1.165) is 35.2 Å². The number of ether oxygens (including phenoxy) is 1. The Morgan fingerprint density at radius 3 is 2.17 bits per heavy atom. The summed E-state index contributed by atoms with van der Waals surface area (Å²) < 4.78 is 6.20. The molecule has 0 unspecified atom stereocenters. The van der Waals surface area contributed by atoms with Gasteiger partial charge in [-0.15, -0.1) is 0 Å². The summed E-state index contributed by atoms with van der Waals surface area (Å²) in [5, 5.41) is 15.2. The quantitative estimate of drug-likeness (QED) is 0.453. The Kier molecular flexibility index (Phi) is 8.54. The summed E-state index contributed by atoms with van der Waals surface area (Å²) in [5.74, 6) is -1.19. The van der Waals surface area contributed by atoms with Crippen molar-refractivity contribution in [2.24, 2.45) is 5.92 Å². The molecule has 0 bridgehead atoms. The number of rotatable bonds is 10. The molecular weight excluding hydrogens is 444 g/mol. The van der Waals surface area contributed by atoms with E-state index >= 15 is 0 Å². The van der Waals surface area contributed by atoms with E-state index in [-0.39, 0.29) is 24.2 Å². The second kappa shape index (κ2) is 11.4. The number of nitrogens with one attached hydrogen (secondary N) is 2. The highest BCUT2D eigenvalue weighted by molar-refractivity contribution is 5.92. The molecular formula is C28H36N2O5. The molecule has 0 aliphatic heterocycles. The van der Waals surface area contributed by atoms with Gasteiger partial charge in [0.05, 0.1) is 6.42 Å². The summed E-state index contributed by atoms with van der Waals surface area (Å²) in [5.41, 5.74) is 2.70. The number of aliphatic carboxylic acids is 1. The number of hydrogen-bond acceptors (Lipinski definition) is 4. The van der Waals surface area contributed by atoms with Crippen molar-refractivity contribution < 1.29 is 24.2 Å². The molecule has 3 N–H and O–H groups in total. The van der Waals surface area contributed by atoms with Gasteiger partial charge in [0.2, 0.25) is 5.91 Å². The smallest absolute Gasteiger partial charge is 0.326 e. The van der Waals surface area contributed by atoms with Crippen molar-refractivity contribution in [2.75, 3.05) is 5.32 Å². The topological polar surface area (TPSA) is 105 Å². The van der Waals surface area contributed by atoms with Crippen LogP contribution in [0.15, 0.2) is 42.5 Å². The van der Waals surface area contributed by atoms with Crippen LogP contribution in [-0.4, -0.2) is 34.5 Å². The Bertz CT molecular complexity index is 1040. The van der Waals surface area contributed by atoms with E-state index in [4.69, 9.17) is 4.74 Å². The van der Waals surface area contributed by atoms with Crippen LogP contribution < -0.4 is 15.4 Å². The molecule has 1 aliphatic rings. The molecule has 1 aliphatic carbocycles. The molecule has 188 valence electrons. The normalized spacial score (nSPS) is 16.2. The van der Waals surface area contributed by atoms with Gasteiger partial charge in [-0.1, -0.05) is 38.5 Å². The van der Waals surface area contributed by atoms with Gasteiger partial charge in [0.1, 0.15) is 11.8 Å². The third-order valence-electron chi connectivity index (χ3n) is 6.70. The number of anilines is 1. The van der Waals surface area contributed by atoms with Crippen molar-refractivity contribution >= 4 is 23.5 Å². The first-order chi connectivity index (χ1) is 16.6. The maximum absolute atomic E-state index is 13.2. The summed E-state index contributed by atoms with van der Waals surface area (Å²) in [6.07, 6.45) is 3.60. The average molecular weight is 481 g/mol. The maximum atomic E-state index is 13.2. The number of carboxylic acids is 1. The lowest BCUT2D eigenvalue weighted by Crippen LogP contribution is -2.55. The largest absolute Gasteiger partial charge is 0.480 e. The molecule has 0 heterocycles. The Hall–Kier alpha value is -3.35. The molecule has 0 saturated heterocycles. The van der Waals surface area contributed by atoms with Gasteiger partial charge < -0.3 is 20.5 Å². The molecule has 7 heteroatoms. The summed E-state index contributed by atoms with van der Waals surface area (Å²) in [6, 6.07) is 12.1. The molecule has 0 aromatic heterocycles. The summed E-state index contributed by atoms with van der Waals surface area (Å²) in [6.45, 7) is 7.70. The highest BCUT2D eigenvalue weighted by Crippen LogP contribution is 2.35. The number of hydrogen-bond donors (Lipinski definition) is 3. The summed E-state index contributed by atoms with van der Waals surface area (Å²) in [7, 11) is 0. The number of amides is 2. The van der Waals surface area contributed by atoms with Crippen molar-refractivity contribution in [1.82, 2.24) is 5.32 Å². The molecule has 2 aromatic carbocycles. The minimum Gasteiger partial charge on any atom is -0.480 e. The molecule has 1 fully saturated rings. The number of carbonyl (C=O) groups is 3. The van der Waals surface area contributed by atoms with Gasteiger partial charge in [0.25, 0.3) is 5.91 Å². The van der Waals surface area contributed by atoms with Gasteiger partial charge in [-0.3, -0.25) is 9.59 Å². The van der Waals surface area contributed by atoms with Crippen LogP contribution in [0.25, 0.3) is 0 Å². The van der Waals surface area contributed by atoms with Crippen molar-refractivity contribution in [3.8, 4) is 5.75 Å². The molecule has 0 radical (unpaired) electrons. The molecule has 3 rings (SSSR count). The zero-order valence-electron chi connectivity index (χ0n) is 21.0. The van der Waals surface area contributed by atoms with Crippen LogP contribution in [-0.2, 0) is 20.8 Å². The molecule has 7 nitrogen and oxygen atoms in total. The number of benzene rings is 2. The van der Waals surface area contributed by atoms with Crippen LogP contribution in [0.2, 0.25) is 0 Å². The predicted molar refractivity (Wildman–Crippen MR) is 136 cm³/mol. The fourth-order valence-corrected chi connectivity index (χ4v) is 4.62. The summed E-state index contributed by atoms with van der Waals surface area (Å²) in [4.78, 5) is 37.4. The van der Waals surface area contributed by atoms with Crippen LogP contribution in [0.3, 0.4) is 0 Å². The minimum absolute atomic E-state index is 0.111. The first-order valence-corrected chi connectivity index (χ1v) is 12.3. The molecule has 2 atom stereocenters. The Labute approximate surface area is 207 Å². The van der Waals surface area contributed by atoms with Crippen LogP contribution >= 0.6 is 0 Å². The number of carboxylic acid groups (broad SMARTS) is 1. The second-order valence-corrected chi connectivity index (χ2v) is 9.72. The van der Waals surface area contributed by atoms with Crippen LogP contribution in [0.1, 0.15) is 62.6 Å². The predicted octanol–water partition coefficient (Wildman–Crippen LogP) is 4.79. The van der Waals surface area contributed by atoms with Crippen molar-refractivity contribution in [3.05, 3.63) is 59.2 Å². The highest BCUT2D eigenvalue weighted by Gasteiger charge is 2.45. The van der Waals surface area contributed by atoms with Crippen LogP contribution in [0.4, 0.5) is 5.69 Å². The van der Waals surface area contributed by atoms with Gasteiger partial charge in [-0.05, 0) is 86.4 Å². The minimum atomic E-state index is -1.08. The van der Waals surface area contributed by atoms with E-state index in [0.29, 0.717) is 25.0 Å². The van der Waals surface area contributed by atoms with Gasteiger partial charge in [-0.2, -0.15) is 0 Å². The fraction of sp³-hybridized carbons (Fsp3) is 0.464. The first kappa shape index (κ1) is 26.3. The van der Waals surface area contributed by atoms with E-state index in [1.807, 2.05) is 52.0 Å². The second-order valence-electron chi connectivity index (χ2n) is 9.72. The molecule has 1 saturated carbocycles. The molecule has 0 spiro atoms. The summed E-state index contributed by atoms with van der Waals surface area (Å²) >= 11 is 0. The monoisotopic (exact) mass is 480 g/mol. The third kappa shape index (κ3) is 6.84. The Morgan fingerprint density at radius 2 is 1.63 bits per heavy atom. The average Bonchev–Trinajstić information content (AvgIpc) is 3.27. The third-order valence-corrected chi connectivity index (χ3v) is 6.70. The van der Waals surface area contributed by atoms with Gasteiger partial charge >= 0.3 is 5.97 Å². The van der Waals surface area contributed by atoms with Crippen molar-refractivity contribution in [2.45, 2.75) is 77.9 Å². The lowest BCUT2D eigenvalue weighted by molar-refractivity contribution is -0.147. The lowest BCUT2D eigenvalue weighted by atomic mass is 9.95. The molecule has 2 amide bonds. The van der Waals surface area contributed by atoms with Crippen LogP contribution in [0.5, 0.6) is 5.75 Å². The zero-order valence-corrected chi connectivity index (χ0v) is 21.0. The van der Waals surface area contributed by atoms with E-state index in [1.165, 1.54) is 0 Å². The first-order valence-electron chi connectivity index (χ1n) is 12.3. The van der Waals surface area contributed by atoms with E-state index < -0.39 is 17.6 Å². The van der Waals surface area contributed by atoms with E-state index in [1.54, 1.807) is 12.1 Å². The van der Waals surface area contributed by atoms with Gasteiger partial charge in [0.15, 0.2) is 5.60 Å². The molecule has 35 heavy (non-hydrogen) atoms. The Balaban J connectivity index is 1.65. The molecule has 2 aromatic rings. The SMILES string of the molecule is CC[C@H](C)[C@H](NC(=O)C1(Oc2ccc(CC(=O)Nc3cc(C)cc(C)c3)cc2)CCCC1)C(=O)O. The standard InChI is InChI=1S/C28H36N2O5/c1-5-20(4)25(26(32)33)30-27(34)28(12-6-7-13-28)35-23-10-8-21(9-11-23)17-24(31)29-22-15-18(2)14-19(3)16-22/h8-11,14-16,20,25H,5-7,12-13,17H2,1-4H3,(H,29,31)(H,30,34)(H,32,33)/t20-,25-/m0/s1. The number of carbonyl (C=O) groups excluding carboxylic acids is 2. The van der Waals surface area contributed by atoms with Crippen molar-refractivity contribution in [3.63, 3.8) is 0 Å². The zero-order chi connectivity index (χ0) is 25.6. The van der Waals surface area contributed by atoms with E-state index in [2.05, 4.69) is 16.7 Å². The van der Waals surface area contributed by atoms with E-state index in [9.17, 15) is 19.5 Å². The van der Waals surface area contributed by atoms with Crippen LogP contribution in [0, 0.1) is 19.8 Å².